The summed E-state index contributed by atoms with van der Waals surface area (Å²) in [7, 11) is 0. The van der Waals surface area contributed by atoms with Gasteiger partial charge in [-0.15, -0.1) is 0 Å². The summed E-state index contributed by atoms with van der Waals surface area (Å²) in [5, 5.41) is 7.29. The minimum atomic E-state index is -0.150. The van der Waals surface area contributed by atoms with E-state index < -0.39 is 0 Å². The summed E-state index contributed by atoms with van der Waals surface area (Å²) >= 11 is 0. The molecule has 1 amide bonds. The maximum absolute atomic E-state index is 12.6. The van der Waals surface area contributed by atoms with Crippen LogP contribution in [0.25, 0.3) is 0 Å². The van der Waals surface area contributed by atoms with Crippen LogP contribution < -0.4 is 5.32 Å². The molecule has 1 aliphatic rings. The van der Waals surface area contributed by atoms with E-state index in [-0.39, 0.29) is 17.4 Å². The topological polar surface area (TPSA) is 68.0 Å². The molecule has 0 radical (unpaired) electrons. The molecule has 5 heteroatoms. The van der Waals surface area contributed by atoms with Gasteiger partial charge in [-0.2, -0.15) is 4.98 Å². The molecule has 3 rings (SSSR count). The van der Waals surface area contributed by atoms with E-state index in [4.69, 9.17) is 4.52 Å². The number of aromatic nitrogens is 2. The third-order valence-electron chi connectivity index (χ3n) is 5.54. The summed E-state index contributed by atoms with van der Waals surface area (Å²) in [6.07, 6.45) is 8.37. The van der Waals surface area contributed by atoms with E-state index in [0.29, 0.717) is 30.5 Å². The van der Waals surface area contributed by atoms with Crippen LogP contribution in [0.2, 0.25) is 0 Å². The van der Waals surface area contributed by atoms with Crippen LogP contribution in [0.5, 0.6) is 0 Å². The predicted molar refractivity (Wildman–Crippen MR) is 110 cm³/mol. The smallest absolute Gasteiger partial charge is 0.227 e. The monoisotopic (exact) mass is 383 g/mol. The van der Waals surface area contributed by atoms with Crippen molar-refractivity contribution >= 4 is 5.91 Å². The molecule has 1 heterocycles. The van der Waals surface area contributed by atoms with Gasteiger partial charge in [-0.3, -0.25) is 4.79 Å². The van der Waals surface area contributed by atoms with Crippen molar-refractivity contribution in [3.05, 3.63) is 47.6 Å². The number of nitrogens with one attached hydrogen (secondary N) is 1. The molecule has 1 atom stereocenters. The number of hydrogen-bond donors (Lipinski definition) is 1. The van der Waals surface area contributed by atoms with Crippen LogP contribution in [0.3, 0.4) is 0 Å². The fraction of sp³-hybridized carbons (Fsp3) is 0.609. The summed E-state index contributed by atoms with van der Waals surface area (Å²) < 4.78 is 5.31. The first-order valence-electron chi connectivity index (χ1n) is 10.6. The Balaban J connectivity index is 1.58. The van der Waals surface area contributed by atoms with Crippen molar-refractivity contribution in [3.63, 3.8) is 0 Å². The summed E-state index contributed by atoms with van der Waals surface area (Å²) in [6.45, 7) is 6.14. The third kappa shape index (κ3) is 5.91. The van der Waals surface area contributed by atoms with Crippen LogP contribution in [-0.4, -0.2) is 16.0 Å². The normalized spacial score (nSPS) is 16.7. The maximum atomic E-state index is 12.6. The molecule has 0 saturated heterocycles. The molecule has 2 aromatic rings. The van der Waals surface area contributed by atoms with Gasteiger partial charge in [0.2, 0.25) is 11.8 Å². The fourth-order valence-electron chi connectivity index (χ4n) is 3.87. The van der Waals surface area contributed by atoms with Gasteiger partial charge in [0.25, 0.3) is 0 Å². The summed E-state index contributed by atoms with van der Waals surface area (Å²) in [5.41, 5.74) is 1.04. The Kier molecular flexibility index (Phi) is 6.87. The first-order valence-corrected chi connectivity index (χ1v) is 10.6. The maximum Gasteiger partial charge on any atom is 0.227 e. The number of amides is 1. The zero-order valence-corrected chi connectivity index (χ0v) is 17.4. The van der Waals surface area contributed by atoms with Crippen molar-refractivity contribution in [2.24, 2.45) is 5.92 Å². The van der Waals surface area contributed by atoms with E-state index >= 15 is 0 Å². The molecular weight excluding hydrogens is 350 g/mol. The predicted octanol–water partition coefficient (Wildman–Crippen LogP) is 5.13. The highest BCUT2D eigenvalue weighted by atomic mass is 16.5. The Morgan fingerprint density at radius 3 is 2.54 bits per heavy atom. The quantitative estimate of drug-likeness (QED) is 0.720. The molecule has 1 N–H and O–H groups in total. The Morgan fingerprint density at radius 1 is 1.18 bits per heavy atom. The molecule has 1 fully saturated rings. The first-order chi connectivity index (χ1) is 13.4. The van der Waals surface area contributed by atoms with Crippen molar-refractivity contribution in [2.45, 2.75) is 83.6 Å². The zero-order chi connectivity index (χ0) is 20.0. The van der Waals surface area contributed by atoms with Crippen LogP contribution in [0.1, 0.15) is 89.0 Å². The SMILES string of the molecule is CC(C)(C)c1noc(CCC(=O)NC(CC2CCCCC2)c2ccccc2)n1. The highest BCUT2D eigenvalue weighted by molar-refractivity contribution is 5.76. The van der Waals surface area contributed by atoms with Crippen molar-refractivity contribution in [3.8, 4) is 0 Å². The van der Waals surface area contributed by atoms with Crippen molar-refractivity contribution in [2.75, 3.05) is 0 Å². The molecule has 152 valence electrons. The minimum Gasteiger partial charge on any atom is -0.349 e. The van der Waals surface area contributed by atoms with Crippen LogP contribution in [-0.2, 0) is 16.6 Å². The second-order valence-electron chi connectivity index (χ2n) is 9.03. The van der Waals surface area contributed by atoms with Crippen LogP contribution >= 0.6 is 0 Å². The minimum absolute atomic E-state index is 0.0418. The Bertz CT molecular complexity index is 743. The molecule has 28 heavy (non-hydrogen) atoms. The van der Waals surface area contributed by atoms with Crippen molar-refractivity contribution < 1.29 is 9.32 Å². The number of benzene rings is 1. The number of rotatable bonds is 7. The van der Waals surface area contributed by atoms with Gasteiger partial charge < -0.3 is 9.84 Å². The lowest BCUT2D eigenvalue weighted by Crippen LogP contribution is -2.30. The van der Waals surface area contributed by atoms with E-state index in [9.17, 15) is 4.79 Å². The summed E-state index contributed by atoms with van der Waals surface area (Å²) in [6, 6.07) is 10.4. The highest BCUT2D eigenvalue weighted by Crippen LogP contribution is 2.32. The Morgan fingerprint density at radius 2 is 1.89 bits per heavy atom. The fourth-order valence-corrected chi connectivity index (χ4v) is 3.87. The van der Waals surface area contributed by atoms with E-state index in [1.807, 2.05) is 39.0 Å². The van der Waals surface area contributed by atoms with Crippen LogP contribution in [0.4, 0.5) is 0 Å². The van der Waals surface area contributed by atoms with Gasteiger partial charge >= 0.3 is 0 Å². The van der Waals surface area contributed by atoms with Gasteiger partial charge in [-0.1, -0.05) is 88.4 Å². The molecule has 5 nitrogen and oxygen atoms in total. The van der Waals surface area contributed by atoms with Gasteiger partial charge in [0.15, 0.2) is 5.82 Å². The first kappa shape index (κ1) is 20.6. The van der Waals surface area contributed by atoms with Crippen molar-refractivity contribution in [1.29, 1.82) is 0 Å². The highest BCUT2D eigenvalue weighted by Gasteiger charge is 2.23. The molecule has 1 saturated carbocycles. The lowest BCUT2D eigenvalue weighted by molar-refractivity contribution is -0.122. The zero-order valence-electron chi connectivity index (χ0n) is 17.4. The second kappa shape index (κ2) is 9.35. The average Bonchev–Trinajstić information content (AvgIpc) is 3.17. The molecule has 1 aliphatic carbocycles. The number of nitrogens with zero attached hydrogens (tertiary/aromatic N) is 2. The number of hydrogen-bond acceptors (Lipinski definition) is 4. The van der Waals surface area contributed by atoms with Crippen LogP contribution in [0, 0.1) is 5.92 Å². The van der Waals surface area contributed by atoms with E-state index in [1.54, 1.807) is 0 Å². The molecule has 0 bridgehead atoms. The molecule has 1 unspecified atom stereocenters. The van der Waals surface area contributed by atoms with Crippen LogP contribution in [0.15, 0.2) is 34.9 Å². The van der Waals surface area contributed by atoms with Gasteiger partial charge in [-0.05, 0) is 17.9 Å². The molecule has 1 aromatic heterocycles. The Labute approximate surface area is 168 Å². The van der Waals surface area contributed by atoms with E-state index in [1.165, 1.54) is 37.7 Å². The van der Waals surface area contributed by atoms with Gasteiger partial charge in [0.05, 0.1) is 6.04 Å². The number of carbonyl (C=O) groups excluding carboxylic acids is 1. The molecule has 1 aromatic carbocycles. The van der Waals surface area contributed by atoms with Gasteiger partial charge in [0.1, 0.15) is 0 Å². The summed E-state index contributed by atoms with van der Waals surface area (Å²) in [4.78, 5) is 17.1. The molecule has 0 spiro atoms. The second-order valence-corrected chi connectivity index (χ2v) is 9.03. The molecular formula is C23H33N3O2. The molecule has 0 aliphatic heterocycles. The lowest BCUT2D eigenvalue weighted by atomic mass is 9.83. The summed E-state index contributed by atoms with van der Waals surface area (Å²) in [5.74, 6) is 1.95. The Hall–Kier alpha value is -2.17. The van der Waals surface area contributed by atoms with E-state index in [0.717, 1.165) is 6.42 Å². The standard InChI is InChI=1S/C23H33N3O2/c1-23(2,3)22-25-21(28-26-22)15-14-20(27)24-19(18-12-8-5-9-13-18)16-17-10-6-4-7-11-17/h5,8-9,12-13,17,19H,4,6-7,10-11,14-16H2,1-3H3,(H,24,27). The van der Waals surface area contributed by atoms with Gasteiger partial charge in [0, 0.05) is 18.3 Å². The lowest BCUT2D eigenvalue weighted by Gasteiger charge is -2.27. The van der Waals surface area contributed by atoms with Gasteiger partial charge in [-0.25, -0.2) is 0 Å². The van der Waals surface area contributed by atoms with E-state index in [2.05, 4.69) is 27.6 Å². The number of carbonyl (C=O) groups is 1. The van der Waals surface area contributed by atoms with Crippen molar-refractivity contribution in [1.82, 2.24) is 15.5 Å². The largest absolute Gasteiger partial charge is 0.349 e. The average molecular weight is 384 g/mol. The third-order valence-corrected chi connectivity index (χ3v) is 5.54. The number of aryl methyl sites for hydroxylation is 1.